The summed E-state index contributed by atoms with van der Waals surface area (Å²) in [7, 11) is 34.1. The van der Waals surface area contributed by atoms with E-state index in [0.29, 0.717) is 29.4 Å². The Kier molecular flexibility index (Phi) is 52.5. The van der Waals surface area contributed by atoms with E-state index in [2.05, 4.69) is 376 Å². The third kappa shape index (κ3) is 37.6. The summed E-state index contributed by atoms with van der Waals surface area (Å²) in [4.78, 5) is 30.8. The van der Waals surface area contributed by atoms with Crippen LogP contribution in [-0.2, 0) is 35.5 Å². The van der Waals surface area contributed by atoms with Crippen LogP contribution in [-0.4, -0.2) is 218 Å². The van der Waals surface area contributed by atoms with Gasteiger partial charge in [-0.1, -0.05) is 106 Å². The number of rotatable bonds is 24. The van der Waals surface area contributed by atoms with Gasteiger partial charge in [-0.3, -0.25) is 9.80 Å². The van der Waals surface area contributed by atoms with Gasteiger partial charge in [-0.25, -0.2) is 0 Å². The topological polar surface area (TPSA) is 96.7 Å². The van der Waals surface area contributed by atoms with Gasteiger partial charge in [0.05, 0.1) is 87.1 Å². The second-order valence-electron chi connectivity index (χ2n) is 41.3. The first-order valence-electron chi connectivity index (χ1n) is 48.8. The molecule has 0 N–H and O–H groups in total. The molecule has 9 aromatic rings. The van der Waals surface area contributed by atoms with Crippen molar-refractivity contribution >= 4 is 132 Å². The maximum absolute atomic E-state index is 10.7. The summed E-state index contributed by atoms with van der Waals surface area (Å²) in [5, 5.41) is 10.7. The number of likely N-dealkylation sites (N-methyl/N-ethyl adjacent to an activating group) is 3. The van der Waals surface area contributed by atoms with Crippen molar-refractivity contribution in [3.63, 3.8) is 0 Å². The molecule has 142 heavy (non-hydrogen) atoms. The molecule has 0 amide bonds. The fourth-order valence-electron chi connectivity index (χ4n) is 20.4. The molecule has 0 saturated carbocycles. The van der Waals surface area contributed by atoms with Gasteiger partial charge in [0.1, 0.15) is 0 Å². The summed E-state index contributed by atoms with van der Waals surface area (Å²) in [6.45, 7) is 82.7. The zero-order valence-electron chi connectivity index (χ0n) is 89.9. The van der Waals surface area contributed by atoms with Gasteiger partial charge in [0.25, 0.3) is 0 Å². The van der Waals surface area contributed by atoms with Gasteiger partial charge in [0, 0.05) is 105 Å². The summed E-state index contributed by atoms with van der Waals surface area (Å²) < 4.78 is 26.1. The fraction of sp³-hybridized carbons (Fsp3) is 0.469. The molecule has 5 saturated heterocycles. The van der Waals surface area contributed by atoms with E-state index >= 15 is 0 Å². The van der Waals surface area contributed by atoms with Crippen molar-refractivity contribution < 1.29 is 140 Å². The maximum Gasteiger partial charge on any atom is 0.0979 e. The van der Waals surface area contributed by atoms with Crippen LogP contribution in [0.1, 0.15) is 172 Å². The number of hydrogen-bond acceptors (Lipinski definition) is 13. The van der Waals surface area contributed by atoms with Gasteiger partial charge in [0.2, 0.25) is 0 Å². The fourth-order valence-corrected chi connectivity index (χ4v) is 27.7. The Bertz CT molecular complexity index is 5410. The van der Waals surface area contributed by atoms with Crippen molar-refractivity contribution in [2.24, 2.45) is 0 Å². The molecule has 0 radical (unpaired) electrons. The van der Waals surface area contributed by atoms with Crippen LogP contribution < -0.4 is 116 Å². The predicted molar refractivity (Wildman–Crippen MR) is 607 cm³/mol. The van der Waals surface area contributed by atoms with Crippen molar-refractivity contribution in [1.29, 1.82) is 0 Å². The minimum Gasteiger partial charge on any atom is -1.00 e. The quantitative estimate of drug-likeness (QED) is 0.0144. The van der Waals surface area contributed by atoms with Gasteiger partial charge in [-0.15, -0.1) is 0 Å². The van der Waals surface area contributed by atoms with Gasteiger partial charge < -0.3 is 115 Å². The van der Waals surface area contributed by atoms with E-state index in [9.17, 15) is 10.1 Å². The molecule has 5 heterocycles. The normalized spacial score (nSPS) is 16.9. The average molecular weight is 2850 g/mol. The van der Waals surface area contributed by atoms with E-state index in [-0.39, 0.29) is 95.9 Å². The summed E-state index contributed by atoms with van der Waals surface area (Å²) in [6.07, 6.45) is 0.388. The Labute approximate surface area is 959 Å². The van der Waals surface area contributed by atoms with E-state index in [1.165, 1.54) is 226 Å². The maximum atomic E-state index is 10.7. The van der Waals surface area contributed by atoms with Crippen LogP contribution in [0, 0.1) is 155 Å². The molecule has 5 aliphatic heterocycles. The number of nitro groups is 1. The molecule has 3 atom stereocenters. The van der Waals surface area contributed by atoms with Gasteiger partial charge in [0.15, 0.2) is 0 Å². The van der Waals surface area contributed by atoms with Crippen LogP contribution in [0.5, 0.6) is 17.2 Å². The monoisotopic (exact) mass is 2850 g/mol. The molecule has 792 valence electrons. The first kappa shape index (κ1) is 127. The summed E-state index contributed by atoms with van der Waals surface area (Å²) >= 11 is 1.21. The van der Waals surface area contributed by atoms with E-state index in [4.69, 9.17) is 53.0 Å². The van der Waals surface area contributed by atoms with E-state index in [1.54, 1.807) is 10.7 Å². The number of nitrogens with zero attached hydrogens (tertiary/aromatic N) is 12. The number of benzene rings is 9. The second kappa shape index (κ2) is 58.5. The van der Waals surface area contributed by atoms with E-state index in [0.717, 1.165) is 60.8 Å². The van der Waals surface area contributed by atoms with Crippen LogP contribution in [0.25, 0.3) is 0 Å². The molecule has 0 aromatic heterocycles. The molecule has 29 heteroatoms. The van der Waals surface area contributed by atoms with Crippen molar-refractivity contribution in [1.82, 2.24) is 9.80 Å². The molecule has 5 fully saturated rings. The van der Waals surface area contributed by atoms with E-state index in [1.807, 2.05) is 68.7 Å². The summed E-state index contributed by atoms with van der Waals surface area (Å²) in [5.41, 5.74) is 35.6. The molecule has 14 rings (SSSR count). The summed E-state index contributed by atoms with van der Waals surface area (Å²) in [5.74, 6) is 2.42. The molecule has 9 aromatic carbocycles. The number of quaternary nitrogens is 3. The first-order chi connectivity index (χ1) is 65.2. The minimum absolute atomic E-state index is 0. The van der Waals surface area contributed by atoms with Crippen molar-refractivity contribution in [2.75, 3.05) is 169 Å². The number of nitro benzene ring substituents is 1. The standard InChI is InChI=1S/2C29H44N4.C25H37N3.C10H11NO3.2C10H12O.4ClH.5HI.3Ru/c2*1-9-33(8)12-10-30(11-13-33)18-27-19-31(28-23(4)14-21(2)15-24(28)5)20-32(27)29-25(6)16-22(3)17-26(29)7;1-17-10-19(3)24(20(4)11-17)26-14-23(15-28(7,8)9)27(16-26)25-21(5)12-18(2)13-22(25)6;1-7(2)14-10-5-4-9(11(12)13)6-8(10)3;2*1-8(2)11-10-7-5-4-6-9(10)3;;;;;;;;;;;;/h2*14-17,20,27H,9-13,18-19H2,1-8H3;10-13,16,23H,14-15H2,1-9H3;3-7H,1-2H3;2*3-8H,1-2H3;9*1H;;;/q;;;;;;;;;;;;;;;3*+2/p-9. The Hall–Kier alpha value is -3.33. The third-order valence-corrected chi connectivity index (χ3v) is 33.6. The predicted octanol–water partition coefficient (Wildman–Crippen LogP) is 17.3. The third-order valence-electron chi connectivity index (χ3n) is 26.4. The number of anilines is 6. The molecule has 0 spiro atoms. The van der Waals surface area contributed by atoms with Gasteiger partial charge >= 0.3 is 323 Å². The smallest absolute Gasteiger partial charge is 0.0979 e. The molecular formula is C113H160Cl4I5N12O5Ru3-3. The van der Waals surface area contributed by atoms with E-state index < -0.39 is 40.4 Å². The Balaban J connectivity index is 0.000000268. The second-order valence-corrected chi connectivity index (χ2v) is 72.6. The average Bonchev–Trinajstić information content (AvgIpc) is 1.63. The molecule has 0 bridgehead atoms. The number of para-hydroxylation sites is 2. The molecular weight excluding hydrogens is 2680 g/mol. The number of piperazine rings is 2. The molecule has 0 aliphatic carbocycles. The number of hydrogen-bond donors (Lipinski definition) is 0. The van der Waals surface area contributed by atoms with Gasteiger partial charge in [-0.05, 0) is 205 Å². The SMILES string of the molecule is CC(C)Oc1ccc([N+](=O)[O-])cc1[CH]=[Ru]([Cl])[Cl].CC(C)Oc1ccccc1[CH]=[Ru]([Cl])[Cl].CC(C)Oc1ccccc1[CH]=[Ru]([I])[I].CC[N+]1(C)CCN(CC2CN(c3c(C)cc(C)cc3C)[CH-]N2c2c(C)cc(C)cc2C)CC1.CC[N+]1(C)CCN(CC2CN(c3c(C)cc(C)cc3C)[CH-]N2c2c(C)cc(C)cc2C)CC1.Cc1cc(C)c(N2[CH-]N(c3c(C)cc(C)cc3C)C(C[N+](C)(C)C)C2)c(C)c1.[I-].[I-].[I-]. The van der Waals surface area contributed by atoms with Crippen LogP contribution >= 0.6 is 78.3 Å². The van der Waals surface area contributed by atoms with Crippen molar-refractivity contribution in [2.45, 2.75) is 216 Å². The van der Waals surface area contributed by atoms with Gasteiger partial charge in [-0.2, -0.15) is 20.0 Å². The molecule has 5 aliphatic rings. The van der Waals surface area contributed by atoms with Crippen molar-refractivity contribution in [3.05, 3.63) is 286 Å². The number of halogens is 9. The minimum atomic E-state index is -2.05. The van der Waals surface area contributed by atoms with Crippen LogP contribution in [0.15, 0.2) is 140 Å². The Morgan fingerprint density at radius 1 is 0.401 bits per heavy atom. The Morgan fingerprint density at radius 2 is 0.655 bits per heavy atom. The number of ether oxygens (including phenoxy) is 3. The first-order valence-corrected chi connectivity index (χ1v) is 71.1. The number of aryl methyl sites for hydroxylation is 18. The summed E-state index contributed by atoms with van der Waals surface area (Å²) in [6, 6.07) is 49.6. The van der Waals surface area contributed by atoms with Crippen molar-refractivity contribution in [3.8, 4) is 17.2 Å². The van der Waals surface area contributed by atoms with Crippen LogP contribution in [0.4, 0.5) is 39.8 Å². The zero-order chi connectivity index (χ0) is 103. The van der Waals surface area contributed by atoms with Crippen LogP contribution in [0.2, 0.25) is 0 Å². The largest absolute Gasteiger partial charge is 1.00 e. The molecule has 17 nitrogen and oxygen atoms in total. The zero-order valence-corrected chi connectivity index (χ0v) is 109. The Morgan fingerprint density at radius 3 is 0.915 bits per heavy atom. The molecule has 3 unspecified atom stereocenters. The van der Waals surface area contributed by atoms with Crippen LogP contribution in [0.3, 0.4) is 0 Å². The number of non-ortho nitro benzene ring substituents is 1.